The third-order valence-electron chi connectivity index (χ3n) is 4.12. The molecule has 0 saturated heterocycles. The minimum Gasteiger partial charge on any atom is -0.334 e. The topological polar surface area (TPSA) is 74.9 Å². The van der Waals surface area contributed by atoms with Crippen LogP contribution in [0.3, 0.4) is 0 Å². The molecular formula is C15H17N3O2S. The molecule has 1 heterocycles. The minimum absolute atomic E-state index is 0.0497. The molecule has 1 saturated carbocycles. The standard InChI is InChI=1S/C15H17N3O2S/c1-18-14-5-3-2-4-12(14)10-15(18)21(19,20)17-13-8-11(9-13)6-7-16/h2-5,10-11,13,17H,6,8-9H2,1H3. The number of nitrogens with zero attached hydrogens (tertiary/aromatic N) is 2. The average Bonchev–Trinajstić information content (AvgIpc) is 2.75. The van der Waals surface area contributed by atoms with E-state index in [2.05, 4.69) is 10.8 Å². The van der Waals surface area contributed by atoms with Gasteiger partial charge in [0.1, 0.15) is 0 Å². The molecule has 0 bridgehead atoms. The summed E-state index contributed by atoms with van der Waals surface area (Å²) in [4.78, 5) is 0. The first kappa shape index (κ1) is 14.1. The highest BCUT2D eigenvalue weighted by Gasteiger charge is 2.33. The van der Waals surface area contributed by atoms with Crippen molar-refractivity contribution in [1.29, 1.82) is 5.26 Å². The molecule has 0 amide bonds. The van der Waals surface area contributed by atoms with Crippen LogP contribution < -0.4 is 4.72 Å². The van der Waals surface area contributed by atoms with E-state index < -0.39 is 10.0 Å². The van der Waals surface area contributed by atoms with Crippen LogP contribution in [0.2, 0.25) is 0 Å². The van der Waals surface area contributed by atoms with Crippen LogP contribution in [0.15, 0.2) is 35.4 Å². The van der Waals surface area contributed by atoms with E-state index in [-0.39, 0.29) is 11.1 Å². The van der Waals surface area contributed by atoms with Gasteiger partial charge in [-0.1, -0.05) is 18.2 Å². The summed E-state index contributed by atoms with van der Waals surface area (Å²) in [5.74, 6) is 0.329. The van der Waals surface area contributed by atoms with Crippen LogP contribution in [0, 0.1) is 17.2 Å². The Labute approximate surface area is 124 Å². The van der Waals surface area contributed by atoms with Gasteiger partial charge in [0.15, 0.2) is 5.03 Å². The molecule has 0 atom stereocenters. The Hall–Kier alpha value is -1.84. The first-order chi connectivity index (χ1) is 10.0. The van der Waals surface area contributed by atoms with E-state index in [0.29, 0.717) is 12.3 Å². The number of sulfonamides is 1. The quantitative estimate of drug-likeness (QED) is 0.940. The summed E-state index contributed by atoms with van der Waals surface area (Å²) in [7, 11) is -1.76. The van der Waals surface area contributed by atoms with E-state index >= 15 is 0 Å². The van der Waals surface area contributed by atoms with Crippen LogP contribution >= 0.6 is 0 Å². The van der Waals surface area contributed by atoms with Gasteiger partial charge < -0.3 is 4.57 Å². The molecule has 3 rings (SSSR count). The molecule has 0 aliphatic heterocycles. The molecule has 110 valence electrons. The lowest BCUT2D eigenvalue weighted by molar-refractivity contribution is 0.252. The molecule has 0 unspecified atom stereocenters. The summed E-state index contributed by atoms with van der Waals surface area (Å²) in [6.45, 7) is 0. The zero-order valence-corrected chi connectivity index (χ0v) is 12.6. The van der Waals surface area contributed by atoms with Crippen LogP contribution in [0.25, 0.3) is 10.9 Å². The first-order valence-electron chi connectivity index (χ1n) is 6.95. The molecule has 1 aliphatic rings. The maximum atomic E-state index is 12.5. The van der Waals surface area contributed by atoms with Gasteiger partial charge in [0.2, 0.25) is 0 Å². The molecule has 1 N–H and O–H groups in total. The van der Waals surface area contributed by atoms with Gasteiger partial charge in [0.25, 0.3) is 10.0 Å². The SMILES string of the molecule is Cn1c(S(=O)(=O)NC2CC(CC#N)C2)cc2ccccc21. The second-order valence-corrected chi connectivity index (χ2v) is 7.28. The lowest BCUT2D eigenvalue weighted by Crippen LogP contribution is -2.44. The predicted molar refractivity (Wildman–Crippen MR) is 80.0 cm³/mol. The van der Waals surface area contributed by atoms with Crippen molar-refractivity contribution >= 4 is 20.9 Å². The van der Waals surface area contributed by atoms with Crippen molar-refractivity contribution in [2.75, 3.05) is 0 Å². The molecule has 2 aromatic rings. The summed E-state index contributed by atoms with van der Waals surface area (Å²) < 4.78 is 29.4. The van der Waals surface area contributed by atoms with E-state index in [0.717, 1.165) is 23.7 Å². The molecule has 0 radical (unpaired) electrons. The number of fused-ring (bicyclic) bond motifs is 1. The van der Waals surface area contributed by atoms with E-state index in [1.807, 2.05) is 24.3 Å². The highest BCUT2D eigenvalue weighted by Crippen LogP contribution is 2.31. The fourth-order valence-corrected chi connectivity index (χ4v) is 4.42. The largest absolute Gasteiger partial charge is 0.334 e. The Bertz CT molecular complexity index is 811. The Balaban J connectivity index is 1.81. The normalized spacial score (nSPS) is 21.9. The Morgan fingerprint density at radius 3 is 2.76 bits per heavy atom. The highest BCUT2D eigenvalue weighted by atomic mass is 32.2. The minimum atomic E-state index is -3.52. The number of aromatic nitrogens is 1. The number of rotatable bonds is 4. The number of nitrogens with one attached hydrogen (secondary N) is 1. The molecule has 1 aromatic heterocycles. The predicted octanol–water partition coefficient (Wildman–Crippen LogP) is 2.15. The zero-order chi connectivity index (χ0) is 15.0. The fourth-order valence-electron chi connectivity index (χ4n) is 2.93. The molecule has 1 fully saturated rings. The average molecular weight is 303 g/mol. The van der Waals surface area contributed by atoms with E-state index in [4.69, 9.17) is 5.26 Å². The van der Waals surface area contributed by atoms with Crippen molar-refractivity contribution in [3.8, 4) is 6.07 Å². The number of para-hydroxylation sites is 1. The second-order valence-electron chi connectivity index (χ2n) is 5.62. The molecule has 0 spiro atoms. The molecule has 5 nitrogen and oxygen atoms in total. The lowest BCUT2D eigenvalue weighted by Gasteiger charge is -2.34. The monoisotopic (exact) mass is 303 g/mol. The van der Waals surface area contributed by atoms with Crippen molar-refractivity contribution in [3.05, 3.63) is 30.3 Å². The van der Waals surface area contributed by atoms with Crippen molar-refractivity contribution in [2.24, 2.45) is 13.0 Å². The number of benzene rings is 1. The van der Waals surface area contributed by atoms with Crippen LogP contribution in [0.1, 0.15) is 19.3 Å². The van der Waals surface area contributed by atoms with Gasteiger partial charge >= 0.3 is 0 Å². The van der Waals surface area contributed by atoms with Crippen LogP contribution in [0.5, 0.6) is 0 Å². The number of nitriles is 1. The summed E-state index contributed by atoms with van der Waals surface area (Å²) >= 11 is 0. The number of hydrogen-bond donors (Lipinski definition) is 1. The van der Waals surface area contributed by atoms with Crippen LogP contribution in [0.4, 0.5) is 0 Å². The molecule has 1 aromatic carbocycles. The van der Waals surface area contributed by atoms with Gasteiger partial charge in [-0.3, -0.25) is 0 Å². The second kappa shape index (κ2) is 5.17. The number of aryl methyl sites for hydroxylation is 1. The van der Waals surface area contributed by atoms with Gasteiger partial charge in [0, 0.05) is 30.4 Å². The Morgan fingerprint density at radius 1 is 1.38 bits per heavy atom. The third kappa shape index (κ3) is 2.55. The maximum Gasteiger partial charge on any atom is 0.256 e. The van der Waals surface area contributed by atoms with Gasteiger partial charge in [-0.15, -0.1) is 0 Å². The van der Waals surface area contributed by atoms with Crippen molar-refractivity contribution in [2.45, 2.75) is 30.3 Å². The summed E-state index contributed by atoms with van der Waals surface area (Å²) in [5.41, 5.74) is 0.897. The molecule has 6 heteroatoms. The highest BCUT2D eigenvalue weighted by molar-refractivity contribution is 7.89. The van der Waals surface area contributed by atoms with Crippen molar-refractivity contribution in [3.63, 3.8) is 0 Å². The van der Waals surface area contributed by atoms with Gasteiger partial charge in [0.05, 0.1) is 6.07 Å². The zero-order valence-electron chi connectivity index (χ0n) is 11.8. The van der Waals surface area contributed by atoms with Crippen molar-refractivity contribution in [1.82, 2.24) is 9.29 Å². The summed E-state index contributed by atoms with van der Waals surface area (Å²) in [5, 5.41) is 9.82. The van der Waals surface area contributed by atoms with Crippen LogP contribution in [-0.4, -0.2) is 19.0 Å². The van der Waals surface area contributed by atoms with Gasteiger partial charge in [-0.25, -0.2) is 13.1 Å². The smallest absolute Gasteiger partial charge is 0.256 e. The summed E-state index contributed by atoms with van der Waals surface area (Å²) in [6, 6.07) is 11.4. The van der Waals surface area contributed by atoms with Crippen molar-refractivity contribution < 1.29 is 8.42 Å². The van der Waals surface area contributed by atoms with Gasteiger partial charge in [-0.2, -0.15) is 5.26 Å². The Morgan fingerprint density at radius 2 is 2.10 bits per heavy atom. The van der Waals surface area contributed by atoms with E-state index in [1.165, 1.54) is 0 Å². The van der Waals surface area contributed by atoms with E-state index in [1.54, 1.807) is 17.7 Å². The molecular weight excluding hydrogens is 286 g/mol. The summed E-state index contributed by atoms with van der Waals surface area (Å²) in [6.07, 6.45) is 2.00. The Kier molecular flexibility index (Phi) is 3.47. The fraction of sp³-hybridized carbons (Fsp3) is 0.400. The third-order valence-corrected chi connectivity index (χ3v) is 5.71. The number of hydrogen-bond acceptors (Lipinski definition) is 3. The molecule has 1 aliphatic carbocycles. The first-order valence-corrected chi connectivity index (χ1v) is 8.43. The van der Waals surface area contributed by atoms with Crippen LogP contribution in [-0.2, 0) is 17.1 Å². The van der Waals surface area contributed by atoms with Gasteiger partial charge in [-0.05, 0) is 30.9 Å². The van der Waals surface area contributed by atoms with E-state index in [9.17, 15) is 8.42 Å². The molecule has 21 heavy (non-hydrogen) atoms. The lowest BCUT2D eigenvalue weighted by atomic mass is 9.79. The maximum absolute atomic E-state index is 12.5.